The first kappa shape index (κ1) is 16.6. The highest BCUT2D eigenvalue weighted by atomic mass is 32.2. The number of amides is 2. The number of hydrogen-bond acceptors (Lipinski definition) is 3. The lowest BCUT2D eigenvalue weighted by Gasteiger charge is -2.27. The van der Waals surface area contributed by atoms with Gasteiger partial charge in [-0.3, -0.25) is 9.59 Å². The Morgan fingerprint density at radius 2 is 1.96 bits per heavy atom. The molecular formula is C19H20N2O2S. The number of para-hydroxylation sites is 1. The molecule has 0 saturated heterocycles. The first-order valence-electron chi connectivity index (χ1n) is 7.90. The maximum atomic E-state index is 12.6. The fourth-order valence-electron chi connectivity index (χ4n) is 2.73. The minimum atomic E-state index is -0.441. The third-order valence-corrected chi connectivity index (χ3v) is 5.65. The summed E-state index contributed by atoms with van der Waals surface area (Å²) in [5.41, 5.74) is 3.77. The Morgan fingerprint density at radius 1 is 1.21 bits per heavy atom. The molecule has 4 nitrogen and oxygen atoms in total. The molecule has 0 spiro atoms. The summed E-state index contributed by atoms with van der Waals surface area (Å²) >= 11 is 1.45. The highest BCUT2D eigenvalue weighted by molar-refractivity contribution is 8.01. The molecule has 24 heavy (non-hydrogen) atoms. The minimum absolute atomic E-state index is 0.123. The first-order valence-corrected chi connectivity index (χ1v) is 8.78. The molecule has 0 radical (unpaired) electrons. The van der Waals surface area contributed by atoms with Gasteiger partial charge in [-0.2, -0.15) is 0 Å². The van der Waals surface area contributed by atoms with Crippen LogP contribution in [0.4, 0.5) is 11.4 Å². The lowest BCUT2D eigenvalue weighted by Crippen LogP contribution is -2.39. The van der Waals surface area contributed by atoms with E-state index in [1.807, 2.05) is 56.3 Å². The van der Waals surface area contributed by atoms with Gasteiger partial charge in [-0.15, -0.1) is 11.8 Å². The molecule has 1 aliphatic heterocycles. The van der Waals surface area contributed by atoms with Crippen molar-refractivity contribution in [3.05, 3.63) is 53.6 Å². The van der Waals surface area contributed by atoms with Crippen molar-refractivity contribution in [2.45, 2.75) is 30.9 Å². The number of aryl methyl sites for hydroxylation is 2. The van der Waals surface area contributed by atoms with Crippen LogP contribution in [-0.4, -0.2) is 17.1 Å². The third kappa shape index (κ3) is 3.31. The summed E-state index contributed by atoms with van der Waals surface area (Å²) < 4.78 is 0. The van der Waals surface area contributed by atoms with Crippen LogP contribution in [0.2, 0.25) is 0 Å². The van der Waals surface area contributed by atoms with Crippen molar-refractivity contribution in [2.24, 2.45) is 5.92 Å². The summed E-state index contributed by atoms with van der Waals surface area (Å²) in [7, 11) is 0. The van der Waals surface area contributed by atoms with Gasteiger partial charge in [0.1, 0.15) is 0 Å². The van der Waals surface area contributed by atoms with Gasteiger partial charge in [0, 0.05) is 10.6 Å². The Hall–Kier alpha value is -2.27. The van der Waals surface area contributed by atoms with Gasteiger partial charge in [-0.05, 0) is 37.6 Å². The van der Waals surface area contributed by atoms with Crippen LogP contribution in [0, 0.1) is 19.8 Å². The summed E-state index contributed by atoms with van der Waals surface area (Å²) in [5.74, 6) is -0.708. The molecule has 0 saturated carbocycles. The predicted octanol–water partition coefficient (Wildman–Crippen LogP) is 3.99. The molecule has 124 valence electrons. The van der Waals surface area contributed by atoms with Gasteiger partial charge in [0.15, 0.2) is 0 Å². The van der Waals surface area contributed by atoms with Gasteiger partial charge in [0.05, 0.1) is 16.9 Å². The zero-order valence-electron chi connectivity index (χ0n) is 13.9. The van der Waals surface area contributed by atoms with Crippen LogP contribution in [0.1, 0.15) is 18.1 Å². The first-order chi connectivity index (χ1) is 11.5. The van der Waals surface area contributed by atoms with Gasteiger partial charge in [0.25, 0.3) is 0 Å². The van der Waals surface area contributed by atoms with Gasteiger partial charge < -0.3 is 10.6 Å². The zero-order valence-corrected chi connectivity index (χ0v) is 14.7. The number of carbonyl (C=O) groups excluding carboxylic acids is 2. The number of thioether (sulfide) groups is 1. The molecule has 5 heteroatoms. The van der Waals surface area contributed by atoms with Crippen molar-refractivity contribution in [3.8, 4) is 0 Å². The number of rotatable bonds is 3. The number of hydrogen-bond donors (Lipinski definition) is 2. The molecule has 0 fully saturated rings. The van der Waals surface area contributed by atoms with Crippen LogP contribution in [0.5, 0.6) is 0 Å². The quantitative estimate of drug-likeness (QED) is 0.888. The van der Waals surface area contributed by atoms with Crippen molar-refractivity contribution in [1.29, 1.82) is 0 Å². The van der Waals surface area contributed by atoms with E-state index in [1.54, 1.807) is 6.92 Å². The van der Waals surface area contributed by atoms with Crippen molar-refractivity contribution in [2.75, 3.05) is 10.6 Å². The smallest absolute Gasteiger partial charge is 0.238 e. The van der Waals surface area contributed by atoms with Crippen molar-refractivity contribution >= 4 is 35.0 Å². The lowest BCUT2D eigenvalue weighted by atomic mass is 10.0. The van der Waals surface area contributed by atoms with E-state index in [9.17, 15) is 9.59 Å². The Labute approximate surface area is 146 Å². The largest absolute Gasteiger partial charge is 0.326 e. The molecule has 0 unspecified atom stereocenters. The van der Waals surface area contributed by atoms with Gasteiger partial charge in [0.2, 0.25) is 11.8 Å². The van der Waals surface area contributed by atoms with Gasteiger partial charge in [-0.1, -0.05) is 36.8 Å². The number of anilines is 2. The standard InChI is InChI=1S/C19H20N2O2S/c1-11-8-9-14(12(2)10-11)20-18(22)13(3)17-19(23)21-15-6-4-5-7-16(15)24-17/h4-10,13,17H,1-3H3,(H,20,22)(H,21,23)/t13-,17-/m1/s1. The fourth-order valence-corrected chi connectivity index (χ4v) is 3.90. The van der Waals surface area contributed by atoms with Crippen molar-refractivity contribution in [3.63, 3.8) is 0 Å². The second-order valence-corrected chi connectivity index (χ2v) is 7.30. The normalized spacial score (nSPS) is 17.6. The number of carbonyl (C=O) groups is 2. The van der Waals surface area contributed by atoms with E-state index < -0.39 is 11.2 Å². The molecule has 0 bridgehead atoms. The molecule has 2 aromatic rings. The van der Waals surface area contributed by atoms with E-state index in [0.29, 0.717) is 0 Å². The monoisotopic (exact) mass is 340 g/mol. The average molecular weight is 340 g/mol. The minimum Gasteiger partial charge on any atom is -0.326 e. The molecule has 0 aliphatic carbocycles. The average Bonchev–Trinajstić information content (AvgIpc) is 2.56. The molecule has 2 atom stereocenters. The van der Waals surface area contributed by atoms with E-state index in [0.717, 1.165) is 27.4 Å². The fraction of sp³-hybridized carbons (Fsp3) is 0.263. The summed E-state index contributed by atoms with van der Waals surface area (Å²) in [6, 6.07) is 13.5. The second-order valence-electron chi connectivity index (χ2n) is 6.12. The maximum Gasteiger partial charge on any atom is 0.238 e. The van der Waals surface area contributed by atoms with E-state index in [2.05, 4.69) is 10.6 Å². The van der Waals surface area contributed by atoms with Crippen molar-refractivity contribution in [1.82, 2.24) is 0 Å². The summed E-state index contributed by atoms with van der Waals surface area (Å²) in [6.45, 7) is 5.78. The Kier molecular flexibility index (Phi) is 4.62. The van der Waals surface area contributed by atoms with E-state index in [-0.39, 0.29) is 11.8 Å². The van der Waals surface area contributed by atoms with Crippen LogP contribution in [0.15, 0.2) is 47.4 Å². The molecule has 1 heterocycles. The van der Waals surface area contributed by atoms with Crippen LogP contribution in [0.25, 0.3) is 0 Å². The van der Waals surface area contributed by atoms with E-state index >= 15 is 0 Å². The summed E-state index contributed by atoms with van der Waals surface area (Å²) in [5, 5.41) is 5.40. The van der Waals surface area contributed by atoms with Gasteiger partial charge in [-0.25, -0.2) is 0 Å². The van der Waals surface area contributed by atoms with E-state index in [4.69, 9.17) is 0 Å². The van der Waals surface area contributed by atoms with Crippen molar-refractivity contribution < 1.29 is 9.59 Å². The highest BCUT2D eigenvalue weighted by Crippen LogP contribution is 2.38. The zero-order chi connectivity index (χ0) is 17.3. The maximum absolute atomic E-state index is 12.6. The molecule has 2 amide bonds. The Morgan fingerprint density at radius 3 is 2.71 bits per heavy atom. The Bertz CT molecular complexity index is 804. The molecule has 2 aromatic carbocycles. The number of fused-ring (bicyclic) bond motifs is 1. The van der Waals surface area contributed by atoms with Gasteiger partial charge >= 0.3 is 0 Å². The van der Waals surface area contributed by atoms with Crippen LogP contribution in [0.3, 0.4) is 0 Å². The summed E-state index contributed by atoms with van der Waals surface area (Å²) in [4.78, 5) is 26.0. The van der Waals surface area contributed by atoms with Crippen LogP contribution < -0.4 is 10.6 Å². The second kappa shape index (κ2) is 6.69. The highest BCUT2D eigenvalue weighted by Gasteiger charge is 2.35. The van der Waals surface area contributed by atoms with E-state index in [1.165, 1.54) is 11.8 Å². The topological polar surface area (TPSA) is 58.2 Å². The molecular weight excluding hydrogens is 320 g/mol. The third-order valence-electron chi connectivity index (χ3n) is 4.16. The van der Waals surface area contributed by atoms with Crippen LogP contribution >= 0.6 is 11.8 Å². The molecule has 2 N–H and O–H groups in total. The Balaban J connectivity index is 1.75. The molecule has 0 aromatic heterocycles. The lowest BCUT2D eigenvalue weighted by molar-refractivity contribution is -0.123. The SMILES string of the molecule is Cc1ccc(NC(=O)[C@H](C)[C@H]2Sc3ccccc3NC2=O)c(C)c1. The molecule has 1 aliphatic rings. The number of nitrogens with one attached hydrogen (secondary N) is 2. The van der Waals surface area contributed by atoms with Crippen LogP contribution in [-0.2, 0) is 9.59 Å². The molecule has 3 rings (SSSR count). The summed E-state index contributed by atoms with van der Waals surface area (Å²) in [6.07, 6.45) is 0. The predicted molar refractivity (Wildman–Crippen MR) is 98.4 cm³/mol. The number of benzene rings is 2.